The second-order valence-corrected chi connectivity index (χ2v) is 5.84. The highest BCUT2D eigenvalue weighted by molar-refractivity contribution is 9.10. The van der Waals surface area contributed by atoms with E-state index < -0.39 is 0 Å². The molecule has 16 heavy (non-hydrogen) atoms. The van der Waals surface area contributed by atoms with Crippen molar-refractivity contribution in [3.05, 3.63) is 46.0 Å². The molecule has 0 saturated heterocycles. The SMILES string of the molecule is Cc1ccc(-c2ncc3cc(Br)ccn23)s1. The number of aryl methyl sites for hydroxylation is 1. The van der Waals surface area contributed by atoms with Crippen molar-refractivity contribution in [2.75, 3.05) is 0 Å². The Labute approximate surface area is 106 Å². The van der Waals surface area contributed by atoms with Gasteiger partial charge in [0.2, 0.25) is 0 Å². The van der Waals surface area contributed by atoms with Crippen molar-refractivity contribution >= 4 is 32.8 Å². The summed E-state index contributed by atoms with van der Waals surface area (Å²) in [4.78, 5) is 6.99. The Kier molecular flexibility index (Phi) is 2.33. The highest BCUT2D eigenvalue weighted by Crippen LogP contribution is 2.27. The molecule has 3 aromatic rings. The molecule has 0 fully saturated rings. The van der Waals surface area contributed by atoms with Crippen LogP contribution < -0.4 is 0 Å². The van der Waals surface area contributed by atoms with Crippen LogP contribution in [-0.2, 0) is 0 Å². The number of pyridine rings is 1. The lowest BCUT2D eigenvalue weighted by atomic mass is 10.4. The topological polar surface area (TPSA) is 17.3 Å². The molecule has 3 aromatic heterocycles. The van der Waals surface area contributed by atoms with E-state index in [0.29, 0.717) is 0 Å². The van der Waals surface area contributed by atoms with Gasteiger partial charge >= 0.3 is 0 Å². The van der Waals surface area contributed by atoms with Crippen LogP contribution in [0.15, 0.2) is 41.1 Å². The van der Waals surface area contributed by atoms with E-state index in [1.54, 1.807) is 11.3 Å². The molecule has 0 amide bonds. The first kappa shape index (κ1) is 10.1. The summed E-state index contributed by atoms with van der Waals surface area (Å²) in [6, 6.07) is 8.34. The molecule has 0 saturated carbocycles. The molecule has 2 nitrogen and oxygen atoms in total. The van der Waals surface area contributed by atoms with Crippen molar-refractivity contribution in [2.24, 2.45) is 0 Å². The summed E-state index contributed by atoms with van der Waals surface area (Å²) in [7, 11) is 0. The van der Waals surface area contributed by atoms with Crippen molar-refractivity contribution in [3.63, 3.8) is 0 Å². The number of fused-ring (bicyclic) bond motifs is 1. The lowest BCUT2D eigenvalue weighted by molar-refractivity contribution is 1.17. The first-order valence-electron chi connectivity index (χ1n) is 4.93. The third kappa shape index (κ3) is 1.58. The molecule has 0 bridgehead atoms. The molecule has 3 rings (SSSR count). The van der Waals surface area contributed by atoms with Gasteiger partial charge in [0.25, 0.3) is 0 Å². The fraction of sp³-hybridized carbons (Fsp3) is 0.0833. The number of nitrogens with zero attached hydrogens (tertiary/aromatic N) is 2. The predicted molar refractivity (Wildman–Crippen MR) is 70.9 cm³/mol. The predicted octanol–water partition coefficient (Wildman–Crippen LogP) is 4.13. The minimum Gasteiger partial charge on any atom is -0.299 e. The first-order chi connectivity index (χ1) is 7.74. The van der Waals surface area contributed by atoms with Crippen LogP contribution in [0.3, 0.4) is 0 Å². The van der Waals surface area contributed by atoms with E-state index in [9.17, 15) is 0 Å². The lowest BCUT2D eigenvalue weighted by Gasteiger charge is -1.98. The van der Waals surface area contributed by atoms with Crippen molar-refractivity contribution in [1.29, 1.82) is 0 Å². The maximum absolute atomic E-state index is 4.47. The van der Waals surface area contributed by atoms with E-state index in [1.807, 2.05) is 18.5 Å². The summed E-state index contributed by atoms with van der Waals surface area (Å²) in [5.41, 5.74) is 1.11. The zero-order chi connectivity index (χ0) is 11.1. The number of aromatic nitrogens is 2. The van der Waals surface area contributed by atoms with Gasteiger partial charge in [-0.3, -0.25) is 4.40 Å². The number of thiophene rings is 1. The molecule has 0 aromatic carbocycles. The number of hydrogen-bond donors (Lipinski definition) is 0. The molecule has 0 atom stereocenters. The monoisotopic (exact) mass is 292 g/mol. The van der Waals surface area contributed by atoms with E-state index in [-0.39, 0.29) is 0 Å². The number of halogens is 1. The maximum atomic E-state index is 4.47. The summed E-state index contributed by atoms with van der Waals surface area (Å²) >= 11 is 5.23. The fourth-order valence-electron chi connectivity index (χ4n) is 1.71. The summed E-state index contributed by atoms with van der Waals surface area (Å²) in [5, 5.41) is 0. The van der Waals surface area contributed by atoms with Crippen LogP contribution in [-0.4, -0.2) is 9.38 Å². The number of imidazole rings is 1. The summed E-state index contributed by atoms with van der Waals surface area (Å²) in [5.74, 6) is 1.01. The van der Waals surface area contributed by atoms with Crippen molar-refractivity contribution in [3.8, 4) is 10.7 Å². The lowest BCUT2D eigenvalue weighted by Crippen LogP contribution is -1.86. The van der Waals surface area contributed by atoms with Gasteiger partial charge in [-0.15, -0.1) is 11.3 Å². The Morgan fingerprint density at radius 1 is 1.31 bits per heavy atom. The first-order valence-corrected chi connectivity index (χ1v) is 6.54. The minimum atomic E-state index is 1.01. The van der Waals surface area contributed by atoms with Crippen LogP contribution in [0.5, 0.6) is 0 Å². The molecule has 0 spiro atoms. The van der Waals surface area contributed by atoms with Crippen molar-refractivity contribution < 1.29 is 0 Å². The highest BCUT2D eigenvalue weighted by atomic mass is 79.9. The molecular weight excluding hydrogens is 284 g/mol. The van der Waals surface area contributed by atoms with E-state index in [4.69, 9.17) is 0 Å². The van der Waals surface area contributed by atoms with Gasteiger partial charge in [0.15, 0.2) is 5.82 Å². The van der Waals surface area contributed by atoms with Gasteiger partial charge in [-0.05, 0) is 31.2 Å². The maximum Gasteiger partial charge on any atom is 0.154 e. The molecular formula is C12H9BrN2S. The molecule has 3 heterocycles. The van der Waals surface area contributed by atoms with Crippen LogP contribution in [0, 0.1) is 6.92 Å². The average Bonchev–Trinajstić information content (AvgIpc) is 2.83. The summed E-state index contributed by atoms with van der Waals surface area (Å²) in [6.45, 7) is 2.11. The van der Waals surface area contributed by atoms with Gasteiger partial charge in [-0.1, -0.05) is 15.9 Å². The average molecular weight is 293 g/mol. The molecule has 0 unspecified atom stereocenters. The Balaban J connectivity index is 2.25. The van der Waals surface area contributed by atoms with E-state index in [2.05, 4.69) is 50.4 Å². The number of hydrogen-bond acceptors (Lipinski definition) is 2. The summed E-state index contributed by atoms with van der Waals surface area (Å²) in [6.07, 6.45) is 3.94. The third-order valence-electron chi connectivity index (χ3n) is 2.45. The Hall–Kier alpha value is -1.13. The van der Waals surface area contributed by atoms with Crippen molar-refractivity contribution in [2.45, 2.75) is 6.92 Å². The van der Waals surface area contributed by atoms with E-state index in [0.717, 1.165) is 15.8 Å². The second kappa shape index (κ2) is 3.71. The molecule has 80 valence electrons. The zero-order valence-electron chi connectivity index (χ0n) is 8.64. The van der Waals surface area contributed by atoms with Crippen LogP contribution in [0.2, 0.25) is 0 Å². The smallest absolute Gasteiger partial charge is 0.154 e. The van der Waals surface area contributed by atoms with Gasteiger partial charge in [-0.25, -0.2) is 4.98 Å². The largest absolute Gasteiger partial charge is 0.299 e. The normalized spacial score (nSPS) is 11.1. The third-order valence-corrected chi connectivity index (χ3v) is 3.94. The molecule has 0 N–H and O–H groups in total. The zero-order valence-corrected chi connectivity index (χ0v) is 11.0. The van der Waals surface area contributed by atoms with Gasteiger partial charge in [0.05, 0.1) is 16.6 Å². The van der Waals surface area contributed by atoms with Crippen molar-refractivity contribution in [1.82, 2.24) is 9.38 Å². The standard InChI is InChI=1S/C12H9BrN2S/c1-8-2-3-11(16-8)12-14-7-10-6-9(13)4-5-15(10)12/h2-7H,1H3. The van der Waals surface area contributed by atoms with Gasteiger partial charge in [0, 0.05) is 15.5 Å². The van der Waals surface area contributed by atoms with Gasteiger partial charge in [0.1, 0.15) is 0 Å². The van der Waals surface area contributed by atoms with Gasteiger partial charge in [-0.2, -0.15) is 0 Å². The Morgan fingerprint density at radius 2 is 2.19 bits per heavy atom. The summed E-state index contributed by atoms with van der Waals surface area (Å²) < 4.78 is 3.18. The fourth-order valence-corrected chi connectivity index (χ4v) is 2.92. The Bertz CT molecular complexity index is 654. The molecule has 0 aliphatic carbocycles. The van der Waals surface area contributed by atoms with E-state index in [1.165, 1.54) is 9.75 Å². The second-order valence-electron chi connectivity index (χ2n) is 3.63. The molecule has 0 aliphatic heterocycles. The van der Waals surface area contributed by atoms with Crippen LogP contribution >= 0.6 is 27.3 Å². The quantitative estimate of drug-likeness (QED) is 0.659. The van der Waals surface area contributed by atoms with Gasteiger partial charge < -0.3 is 0 Å². The number of rotatable bonds is 1. The molecule has 0 radical (unpaired) electrons. The highest BCUT2D eigenvalue weighted by Gasteiger charge is 2.07. The minimum absolute atomic E-state index is 1.01. The van der Waals surface area contributed by atoms with Crippen LogP contribution in [0.25, 0.3) is 16.2 Å². The van der Waals surface area contributed by atoms with Crippen LogP contribution in [0.4, 0.5) is 0 Å². The molecule has 0 aliphatic rings. The molecule has 4 heteroatoms. The van der Waals surface area contributed by atoms with E-state index >= 15 is 0 Å². The van der Waals surface area contributed by atoms with Crippen LogP contribution in [0.1, 0.15) is 4.88 Å². The Morgan fingerprint density at radius 3 is 2.94 bits per heavy atom.